The highest BCUT2D eigenvalue weighted by Crippen LogP contribution is 2.25. The lowest BCUT2D eigenvalue weighted by Gasteiger charge is -2.24. The Hall–Kier alpha value is -0.770. The number of guanidine groups is 1. The van der Waals surface area contributed by atoms with Crippen molar-refractivity contribution in [2.45, 2.75) is 25.8 Å². The van der Waals surface area contributed by atoms with Gasteiger partial charge >= 0.3 is 0 Å². The predicted molar refractivity (Wildman–Crippen MR) is 69.9 cm³/mol. The molecule has 0 bridgehead atoms. The average Bonchev–Trinajstić information content (AvgIpc) is 3.00. The molecule has 1 saturated carbocycles. The van der Waals surface area contributed by atoms with Gasteiger partial charge in [-0.3, -0.25) is 9.89 Å². The van der Waals surface area contributed by atoms with Gasteiger partial charge in [-0.2, -0.15) is 0 Å². The van der Waals surface area contributed by atoms with E-state index in [0.29, 0.717) is 0 Å². The van der Waals surface area contributed by atoms with E-state index in [1.54, 1.807) is 0 Å². The number of hydrogen-bond donors (Lipinski definition) is 0. The summed E-state index contributed by atoms with van der Waals surface area (Å²) in [6, 6.07) is 0.849. The zero-order valence-electron chi connectivity index (χ0n) is 11.4. The van der Waals surface area contributed by atoms with Crippen LogP contribution in [0.5, 0.6) is 0 Å². The van der Waals surface area contributed by atoms with E-state index in [1.165, 1.54) is 12.8 Å². The first-order valence-electron chi connectivity index (χ1n) is 6.19. The minimum Gasteiger partial charge on any atom is -0.349 e. The van der Waals surface area contributed by atoms with Crippen LogP contribution in [0.2, 0.25) is 0 Å². The minimum atomic E-state index is 0.849. The maximum atomic E-state index is 4.65. The molecular formula is C12H26N4. The summed E-state index contributed by atoms with van der Waals surface area (Å²) in [5.74, 6) is 1.05. The molecule has 4 heteroatoms. The lowest BCUT2D eigenvalue weighted by molar-refractivity contribution is 0.285. The van der Waals surface area contributed by atoms with E-state index in [-0.39, 0.29) is 0 Å². The quantitative estimate of drug-likeness (QED) is 0.515. The monoisotopic (exact) mass is 226 g/mol. The summed E-state index contributed by atoms with van der Waals surface area (Å²) in [7, 11) is 8.16. The molecule has 1 rings (SSSR count). The molecule has 0 aromatic rings. The fraction of sp³-hybridized carbons (Fsp3) is 0.917. The van der Waals surface area contributed by atoms with E-state index < -0.39 is 0 Å². The van der Waals surface area contributed by atoms with Crippen molar-refractivity contribution in [2.24, 2.45) is 4.99 Å². The molecule has 1 aliphatic rings. The molecule has 0 aromatic carbocycles. The number of likely N-dealkylation sites (N-methyl/N-ethyl adjacent to an activating group) is 1. The van der Waals surface area contributed by atoms with Gasteiger partial charge in [0.2, 0.25) is 0 Å². The fourth-order valence-corrected chi connectivity index (χ4v) is 2.00. The molecule has 16 heavy (non-hydrogen) atoms. The number of hydrogen-bond acceptors (Lipinski definition) is 2. The summed E-state index contributed by atoms with van der Waals surface area (Å²) in [4.78, 5) is 11.3. The second-order valence-corrected chi connectivity index (χ2v) is 4.83. The highest BCUT2D eigenvalue weighted by atomic mass is 15.3. The van der Waals surface area contributed by atoms with Gasteiger partial charge in [0.05, 0.1) is 6.54 Å². The van der Waals surface area contributed by atoms with Crippen molar-refractivity contribution in [1.29, 1.82) is 0 Å². The van der Waals surface area contributed by atoms with Crippen molar-refractivity contribution in [3.8, 4) is 0 Å². The second kappa shape index (κ2) is 6.09. The molecule has 0 heterocycles. The van der Waals surface area contributed by atoms with Crippen molar-refractivity contribution in [1.82, 2.24) is 14.7 Å². The van der Waals surface area contributed by atoms with Gasteiger partial charge in [0.15, 0.2) is 5.96 Å². The highest BCUT2D eigenvalue weighted by Gasteiger charge is 2.27. The maximum Gasteiger partial charge on any atom is 0.195 e. The number of nitrogens with zero attached hydrogens (tertiary/aromatic N) is 4. The summed E-state index contributed by atoms with van der Waals surface area (Å²) >= 11 is 0. The molecule has 0 unspecified atom stereocenters. The van der Waals surface area contributed by atoms with Crippen molar-refractivity contribution >= 4 is 5.96 Å². The molecular weight excluding hydrogens is 200 g/mol. The Bertz CT molecular complexity index is 221. The van der Waals surface area contributed by atoms with Gasteiger partial charge in [0, 0.05) is 40.8 Å². The summed E-state index contributed by atoms with van der Waals surface area (Å²) in [6.07, 6.45) is 2.76. The third-order valence-corrected chi connectivity index (χ3v) is 2.91. The first kappa shape index (κ1) is 13.3. The van der Waals surface area contributed by atoms with Gasteiger partial charge in [-0.1, -0.05) is 6.92 Å². The first-order chi connectivity index (χ1) is 7.56. The van der Waals surface area contributed by atoms with Gasteiger partial charge in [0.25, 0.3) is 0 Å². The van der Waals surface area contributed by atoms with Gasteiger partial charge in [-0.15, -0.1) is 0 Å². The molecule has 0 amide bonds. The normalized spacial score (nSPS) is 15.1. The molecule has 0 radical (unpaired) electrons. The molecule has 94 valence electrons. The molecule has 1 fully saturated rings. The Balaban J connectivity index is 2.37. The van der Waals surface area contributed by atoms with Crippen LogP contribution in [0.3, 0.4) is 0 Å². The molecule has 1 aliphatic carbocycles. The average molecular weight is 226 g/mol. The summed E-state index contributed by atoms with van der Waals surface area (Å²) in [5, 5.41) is 0. The number of aliphatic imine (C=N–C) groups is 1. The lowest BCUT2D eigenvalue weighted by atomic mass is 10.4. The van der Waals surface area contributed by atoms with Crippen LogP contribution in [-0.2, 0) is 0 Å². The van der Waals surface area contributed by atoms with Gasteiger partial charge in [-0.05, 0) is 19.4 Å². The Kier molecular flexibility index (Phi) is 5.06. The third kappa shape index (κ3) is 4.00. The van der Waals surface area contributed by atoms with E-state index in [9.17, 15) is 0 Å². The largest absolute Gasteiger partial charge is 0.349 e. The van der Waals surface area contributed by atoms with Crippen molar-refractivity contribution in [2.75, 3.05) is 47.8 Å². The molecule has 0 N–H and O–H groups in total. The maximum absolute atomic E-state index is 4.65. The van der Waals surface area contributed by atoms with E-state index in [2.05, 4.69) is 26.6 Å². The Morgan fingerprint density at radius 3 is 2.06 bits per heavy atom. The van der Waals surface area contributed by atoms with E-state index in [1.807, 2.05) is 28.2 Å². The van der Waals surface area contributed by atoms with Crippen LogP contribution in [0, 0.1) is 0 Å². The van der Waals surface area contributed by atoms with E-state index in [0.717, 1.165) is 31.6 Å². The van der Waals surface area contributed by atoms with Crippen LogP contribution in [-0.4, -0.2) is 74.5 Å². The summed E-state index contributed by atoms with van der Waals surface area (Å²) in [6.45, 7) is 5.38. The van der Waals surface area contributed by atoms with Gasteiger partial charge in [-0.25, -0.2) is 0 Å². The molecule has 0 saturated heterocycles. The van der Waals surface area contributed by atoms with Crippen LogP contribution >= 0.6 is 0 Å². The Labute approximate surface area is 99.9 Å². The van der Waals surface area contributed by atoms with Crippen LogP contribution in [0.1, 0.15) is 19.8 Å². The SMILES string of the molecule is CCN(CCN=C(N(C)C)N(C)C)C1CC1. The Morgan fingerprint density at radius 1 is 1.12 bits per heavy atom. The second-order valence-electron chi connectivity index (χ2n) is 4.83. The summed E-state index contributed by atoms with van der Waals surface area (Å²) in [5.41, 5.74) is 0. The van der Waals surface area contributed by atoms with Gasteiger partial charge < -0.3 is 9.80 Å². The van der Waals surface area contributed by atoms with Crippen molar-refractivity contribution in [3.05, 3.63) is 0 Å². The highest BCUT2D eigenvalue weighted by molar-refractivity contribution is 5.79. The summed E-state index contributed by atoms with van der Waals surface area (Å²) < 4.78 is 0. The zero-order valence-corrected chi connectivity index (χ0v) is 11.4. The molecule has 0 spiro atoms. The standard InChI is InChI=1S/C12H26N4/c1-6-16(11-7-8-11)10-9-13-12(14(2)3)15(4)5/h11H,6-10H2,1-5H3. The third-order valence-electron chi connectivity index (χ3n) is 2.91. The molecule has 0 aromatic heterocycles. The lowest BCUT2D eigenvalue weighted by Crippen LogP contribution is -2.36. The Morgan fingerprint density at radius 2 is 1.69 bits per heavy atom. The van der Waals surface area contributed by atoms with E-state index in [4.69, 9.17) is 0 Å². The predicted octanol–water partition coefficient (Wildman–Crippen LogP) is 0.950. The first-order valence-corrected chi connectivity index (χ1v) is 6.19. The molecule has 0 aliphatic heterocycles. The van der Waals surface area contributed by atoms with Crippen LogP contribution in [0.25, 0.3) is 0 Å². The number of rotatable bonds is 5. The molecule has 4 nitrogen and oxygen atoms in total. The van der Waals surface area contributed by atoms with Crippen LogP contribution < -0.4 is 0 Å². The van der Waals surface area contributed by atoms with Crippen molar-refractivity contribution < 1.29 is 0 Å². The fourth-order valence-electron chi connectivity index (χ4n) is 2.00. The smallest absolute Gasteiger partial charge is 0.195 e. The van der Waals surface area contributed by atoms with E-state index >= 15 is 0 Å². The van der Waals surface area contributed by atoms with Crippen LogP contribution in [0.15, 0.2) is 4.99 Å². The minimum absolute atomic E-state index is 0.849. The van der Waals surface area contributed by atoms with Gasteiger partial charge in [0.1, 0.15) is 0 Å². The molecule has 0 atom stereocenters. The van der Waals surface area contributed by atoms with Crippen LogP contribution in [0.4, 0.5) is 0 Å². The van der Waals surface area contributed by atoms with Crippen molar-refractivity contribution in [3.63, 3.8) is 0 Å². The zero-order chi connectivity index (χ0) is 12.1. The topological polar surface area (TPSA) is 22.1 Å².